The molecule has 0 aliphatic carbocycles. The third kappa shape index (κ3) is 4.37. The number of nitrogens with zero attached hydrogens (tertiary/aromatic N) is 4. The second-order valence-corrected chi connectivity index (χ2v) is 6.08. The van der Waals surface area contributed by atoms with Crippen molar-refractivity contribution in [1.29, 1.82) is 0 Å². The molecule has 0 atom stereocenters. The standard InChI is InChI=1S/C19H20N6O3/c20-19(23-13-5-6-15-16(12-13)27-11-3-10-26-15)22-9-7-17-24-18(28-25-17)14-4-1-2-8-21-14/h1-2,4-6,8,12H,3,7,9-11H2,(H3,20,22,23). The molecule has 1 aliphatic heterocycles. The maximum atomic E-state index is 5.97. The van der Waals surface area contributed by atoms with E-state index in [1.807, 2.05) is 36.4 Å². The van der Waals surface area contributed by atoms with Gasteiger partial charge in [-0.25, -0.2) is 0 Å². The van der Waals surface area contributed by atoms with Gasteiger partial charge in [-0.2, -0.15) is 4.98 Å². The van der Waals surface area contributed by atoms with E-state index in [0.29, 0.717) is 55.3 Å². The zero-order chi connectivity index (χ0) is 19.2. The van der Waals surface area contributed by atoms with Crippen LogP contribution in [0.2, 0.25) is 0 Å². The fraction of sp³-hybridized carbons (Fsp3) is 0.263. The molecule has 3 aromatic rings. The van der Waals surface area contributed by atoms with Gasteiger partial charge in [0.15, 0.2) is 23.3 Å². The van der Waals surface area contributed by atoms with Gasteiger partial charge < -0.3 is 25.0 Å². The summed E-state index contributed by atoms with van der Waals surface area (Å²) in [5.74, 6) is 2.66. The summed E-state index contributed by atoms with van der Waals surface area (Å²) in [6.07, 6.45) is 3.04. The first kappa shape index (κ1) is 17.8. The van der Waals surface area contributed by atoms with Crippen LogP contribution in [0.4, 0.5) is 5.69 Å². The number of anilines is 1. The van der Waals surface area contributed by atoms with Crippen LogP contribution in [-0.2, 0) is 6.42 Å². The molecule has 1 aliphatic rings. The van der Waals surface area contributed by atoms with E-state index in [2.05, 4.69) is 25.4 Å². The third-order valence-corrected chi connectivity index (χ3v) is 3.99. The number of nitrogens with two attached hydrogens (primary N) is 1. The van der Waals surface area contributed by atoms with Gasteiger partial charge in [-0.15, -0.1) is 0 Å². The Morgan fingerprint density at radius 2 is 2.04 bits per heavy atom. The maximum absolute atomic E-state index is 5.97. The molecule has 3 N–H and O–H groups in total. The lowest BCUT2D eigenvalue weighted by Gasteiger charge is -2.10. The second kappa shape index (κ2) is 8.38. The summed E-state index contributed by atoms with van der Waals surface area (Å²) in [5.41, 5.74) is 7.38. The zero-order valence-electron chi connectivity index (χ0n) is 15.2. The monoisotopic (exact) mass is 380 g/mol. The van der Waals surface area contributed by atoms with Gasteiger partial charge in [0.2, 0.25) is 0 Å². The predicted molar refractivity (Wildman–Crippen MR) is 103 cm³/mol. The average Bonchev–Trinajstić information content (AvgIpc) is 3.06. The Bertz CT molecular complexity index is 957. The van der Waals surface area contributed by atoms with E-state index < -0.39 is 0 Å². The second-order valence-electron chi connectivity index (χ2n) is 6.08. The Morgan fingerprint density at radius 3 is 2.89 bits per heavy atom. The van der Waals surface area contributed by atoms with Crippen LogP contribution in [0.25, 0.3) is 11.6 Å². The molecule has 144 valence electrons. The van der Waals surface area contributed by atoms with Crippen LogP contribution >= 0.6 is 0 Å². The lowest BCUT2D eigenvalue weighted by molar-refractivity contribution is 0.297. The molecule has 9 heteroatoms. The molecule has 4 rings (SSSR count). The lowest BCUT2D eigenvalue weighted by atomic mass is 10.3. The summed E-state index contributed by atoms with van der Waals surface area (Å²) in [5, 5.41) is 6.99. The van der Waals surface area contributed by atoms with Crippen LogP contribution < -0.4 is 20.5 Å². The highest BCUT2D eigenvalue weighted by atomic mass is 16.5. The molecule has 0 bridgehead atoms. The third-order valence-electron chi connectivity index (χ3n) is 3.99. The van der Waals surface area contributed by atoms with Crippen LogP contribution in [0.15, 0.2) is 52.1 Å². The Morgan fingerprint density at radius 1 is 1.14 bits per heavy atom. The molecular formula is C19H20N6O3. The number of benzene rings is 1. The van der Waals surface area contributed by atoms with Gasteiger partial charge >= 0.3 is 0 Å². The lowest BCUT2D eigenvalue weighted by Crippen LogP contribution is -2.23. The van der Waals surface area contributed by atoms with E-state index in [9.17, 15) is 0 Å². The number of nitrogens with one attached hydrogen (secondary N) is 1. The first-order valence-electron chi connectivity index (χ1n) is 8.98. The smallest absolute Gasteiger partial charge is 0.276 e. The summed E-state index contributed by atoms with van der Waals surface area (Å²) < 4.78 is 16.5. The topological polar surface area (TPSA) is 121 Å². The summed E-state index contributed by atoms with van der Waals surface area (Å²) in [4.78, 5) is 12.8. The number of hydrogen-bond donors (Lipinski definition) is 2. The number of hydrogen-bond acceptors (Lipinski definition) is 7. The van der Waals surface area contributed by atoms with E-state index in [-0.39, 0.29) is 0 Å². The minimum Gasteiger partial charge on any atom is -0.490 e. The van der Waals surface area contributed by atoms with Crippen LogP contribution in [0.1, 0.15) is 12.2 Å². The summed E-state index contributed by atoms with van der Waals surface area (Å²) in [6, 6.07) is 11.1. The van der Waals surface area contributed by atoms with Gasteiger partial charge in [0.05, 0.1) is 13.2 Å². The van der Waals surface area contributed by atoms with Crippen molar-refractivity contribution >= 4 is 11.6 Å². The Balaban J connectivity index is 1.33. The Labute approximate surface area is 161 Å². The highest BCUT2D eigenvalue weighted by Crippen LogP contribution is 2.32. The highest BCUT2D eigenvalue weighted by Gasteiger charge is 2.11. The number of rotatable bonds is 5. The number of fused-ring (bicyclic) bond motifs is 1. The van der Waals surface area contributed by atoms with E-state index in [1.54, 1.807) is 6.20 Å². The molecule has 1 aromatic carbocycles. The summed E-state index contributed by atoms with van der Waals surface area (Å²) >= 11 is 0. The molecule has 0 saturated heterocycles. The normalized spacial score (nSPS) is 13.8. The molecule has 0 amide bonds. The molecule has 2 aromatic heterocycles. The van der Waals surface area contributed by atoms with Crippen molar-refractivity contribution in [3.05, 3.63) is 48.4 Å². The molecule has 0 fully saturated rings. The number of aromatic nitrogens is 3. The van der Waals surface area contributed by atoms with Crippen molar-refractivity contribution in [3.63, 3.8) is 0 Å². The molecule has 28 heavy (non-hydrogen) atoms. The quantitative estimate of drug-likeness (QED) is 0.511. The summed E-state index contributed by atoms with van der Waals surface area (Å²) in [6.45, 7) is 1.71. The first-order valence-corrected chi connectivity index (χ1v) is 8.98. The average molecular weight is 380 g/mol. The van der Waals surface area contributed by atoms with E-state index in [1.165, 1.54) is 0 Å². The molecule has 3 heterocycles. The van der Waals surface area contributed by atoms with Gasteiger partial charge in [0.25, 0.3) is 5.89 Å². The van der Waals surface area contributed by atoms with E-state index >= 15 is 0 Å². The minimum absolute atomic E-state index is 0.294. The van der Waals surface area contributed by atoms with Crippen molar-refractivity contribution in [3.8, 4) is 23.1 Å². The zero-order valence-corrected chi connectivity index (χ0v) is 15.2. The fourth-order valence-electron chi connectivity index (χ4n) is 2.65. The molecule has 0 saturated carbocycles. The van der Waals surface area contributed by atoms with Crippen LogP contribution in [-0.4, -0.2) is 40.8 Å². The van der Waals surface area contributed by atoms with Crippen LogP contribution in [0, 0.1) is 0 Å². The molecule has 0 spiro atoms. The van der Waals surface area contributed by atoms with Crippen LogP contribution in [0.5, 0.6) is 11.5 Å². The highest BCUT2D eigenvalue weighted by molar-refractivity contribution is 5.92. The number of aliphatic imine (C=N–C) groups is 1. The number of ether oxygens (including phenoxy) is 2. The van der Waals surface area contributed by atoms with E-state index in [4.69, 9.17) is 19.7 Å². The van der Waals surface area contributed by atoms with Gasteiger partial charge in [-0.05, 0) is 24.3 Å². The fourth-order valence-corrected chi connectivity index (χ4v) is 2.65. The van der Waals surface area contributed by atoms with Crippen LogP contribution in [0.3, 0.4) is 0 Å². The van der Waals surface area contributed by atoms with Gasteiger partial charge in [0, 0.05) is 37.3 Å². The van der Waals surface area contributed by atoms with Gasteiger partial charge in [0.1, 0.15) is 5.69 Å². The van der Waals surface area contributed by atoms with Crippen molar-refractivity contribution < 1.29 is 14.0 Å². The largest absolute Gasteiger partial charge is 0.490 e. The molecule has 0 radical (unpaired) electrons. The predicted octanol–water partition coefficient (Wildman–Crippen LogP) is 2.26. The summed E-state index contributed by atoms with van der Waals surface area (Å²) in [7, 11) is 0. The molecule has 0 unspecified atom stereocenters. The van der Waals surface area contributed by atoms with Crippen molar-refractivity contribution in [2.45, 2.75) is 12.8 Å². The Hall–Kier alpha value is -3.62. The van der Waals surface area contributed by atoms with Gasteiger partial charge in [-0.3, -0.25) is 9.98 Å². The molecule has 9 nitrogen and oxygen atoms in total. The van der Waals surface area contributed by atoms with E-state index in [0.717, 1.165) is 17.9 Å². The maximum Gasteiger partial charge on any atom is 0.276 e. The SMILES string of the molecule is NC(=NCCc1noc(-c2ccccn2)n1)Nc1ccc2c(c1)OCCCO2. The molecular weight excluding hydrogens is 360 g/mol. The van der Waals surface area contributed by atoms with Crippen molar-refractivity contribution in [2.24, 2.45) is 10.7 Å². The van der Waals surface area contributed by atoms with Crippen molar-refractivity contribution in [1.82, 2.24) is 15.1 Å². The number of guanidine groups is 1. The number of pyridine rings is 1. The first-order chi connectivity index (χ1) is 13.8. The Kier molecular flexibility index (Phi) is 5.32. The van der Waals surface area contributed by atoms with Crippen molar-refractivity contribution in [2.75, 3.05) is 25.1 Å². The minimum atomic E-state index is 0.294. The van der Waals surface area contributed by atoms with Gasteiger partial charge in [-0.1, -0.05) is 11.2 Å².